The second-order valence-corrected chi connectivity index (χ2v) is 6.50. The number of aromatic nitrogens is 1. The van der Waals surface area contributed by atoms with Crippen LogP contribution in [0.25, 0.3) is 10.9 Å². The molecule has 1 saturated heterocycles. The lowest BCUT2D eigenvalue weighted by molar-refractivity contribution is 0.0373. The topological polar surface area (TPSA) is 37.4 Å². The molecule has 138 valence electrons. The zero-order valence-corrected chi connectivity index (χ0v) is 16.4. The molecule has 3 rings (SSSR count). The highest BCUT2D eigenvalue weighted by Gasteiger charge is 2.09. The number of hydrogen-bond donors (Lipinski definition) is 1. The van der Waals surface area contributed by atoms with Crippen molar-refractivity contribution in [3.05, 3.63) is 35.0 Å². The Morgan fingerprint density at radius 2 is 1.92 bits per heavy atom. The molecule has 0 amide bonds. The molecule has 5 heteroatoms. The van der Waals surface area contributed by atoms with Crippen molar-refractivity contribution in [1.82, 2.24) is 9.88 Å². The second-order valence-electron chi connectivity index (χ2n) is 6.06. The van der Waals surface area contributed by atoms with Crippen LogP contribution in [0.5, 0.6) is 0 Å². The number of halogens is 1. The van der Waals surface area contributed by atoms with E-state index in [-0.39, 0.29) is 0 Å². The van der Waals surface area contributed by atoms with Crippen molar-refractivity contribution in [2.75, 3.05) is 44.7 Å². The minimum absolute atomic E-state index is 0.749. The third-order valence-electron chi connectivity index (χ3n) is 4.22. The van der Waals surface area contributed by atoms with Crippen molar-refractivity contribution < 1.29 is 4.74 Å². The molecule has 0 aliphatic carbocycles. The molecule has 1 aliphatic heterocycles. The number of pyridine rings is 1. The normalized spacial score (nSPS) is 14.9. The lowest BCUT2D eigenvalue weighted by Gasteiger charge is -2.26. The predicted octanol–water partition coefficient (Wildman–Crippen LogP) is 4.75. The fourth-order valence-electron chi connectivity index (χ4n) is 2.98. The van der Waals surface area contributed by atoms with E-state index in [0.29, 0.717) is 0 Å². The van der Waals surface area contributed by atoms with Crippen LogP contribution in [0.4, 0.5) is 5.69 Å². The highest BCUT2D eigenvalue weighted by atomic mass is 35.5. The van der Waals surface area contributed by atoms with Gasteiger partial charge in [0.15, 0.2) is 0 Å². The Labute approximate surface area is 156 Å². The van der Waals surface area contributed by atoms with Crippen molar-refractivity contribution in [1.29, 1.82) is 0 Å². The van der Waals surface area contributed by atoms with Crippen molar-refractivity contribution >= 4 is 28.2 Å². The Bertz CT molecular complexity index is 657. The molecule has 1 N–H and O–H groups in total. The maximum Gasteiger partial charge on any atom is 0.0726 e. The first-order chi connectivity index (χ1) is 12.2. The minimum Gasteiger partial charge on any atom is -0.384 e. The lowest BCUT2D eigenvalue weighted by Crippen LogP contribution is -2.36. The Morgan fingerprint density at radius 1 is 1.16 bits per heavy atom. The number of rotatable bonds is 6. The summed E-state index contributed by atoms with van der Waals surface area (Å²) in [5, 5.41) is 5.39. The Balaban J connectivity index is 0.00000109. The number of hydrogen-bond acceptors (Lipinski definition) is 4. The van der Waals surface area contributed by atoms with Gasteiger partial charge in [0, 0.05) is 41.4 Å². The standard InChI is InChI=1S/C18H24ClN3O.C2H6/c1-14-12-18(16-13-15(19)4-5-17(16)21-14)20-6-2-3-7-22-8-10-23-11-9-22;1-2/h4-5,12-13H,2-3,6-11H2,1H3,(H,20,21);1-2H3. The van der Waals surface area contributed by atoms with E-state index < -0.39 is 0 Å². The number of ether oxygens (including phenoxy) is 1. The van der Waals surface area contributed by atoms with Gasteiger partial charge in [-0.25, -0.2) is 0 Å². The molecule has 1 aromatic heterocycles. The van der Waals surface area contributed by atoms with Gasteiger partial charge in [0.05, 0.1) is 18.7 Å². The molecule has 1 fully saturated rings. The molecule has 4 nitrogen and oxygen atoms in total. The van der Waals surface area contributed by atoms with E-state index in [0.717, 1.165) is 73.1 Å². The zero-order valence-electron chi connectivity index (χ0n) is 15.6. The van der Waals surface area contributed by atoms with Gasteiger partial charge < -0.3 is 10.1 Å². The van der Waals surface area contributed by atoms with Crippen molar-refractivity contribution in [3.8, 4) is 0 Å². The van der Waals surface area contributed by atoms with E-state index in [1.54, 1.807) is 0 Å². The van der Waals surface area contributed by atoms with Gasteiger partial charge >= 0.3 is 0 Å². The largest absolute Gasteiger partial charge is 0.384 e. The van der Waals surface area contributed by atoms with Crippen LogP contribution in [0.2, 0.25) is 5.02 Å². The van der Waals surface area contributed by atoms with Crippen LogP contribution in [0.1, 0.15) is 32.4 Å². The van der Waals surface area contributed by atoms with Gasteiger partial charge in [0.2, 0.25) is 0 Å². The monoisotopic (exact) mass is 363 g/mol. The average molecular weight is 364 g/mol. The first-order valence-corrected chi connectivity index (χ1v) is 9.71. The highest BCUT2D eigenvalue weighted by Crippen LogP contribution is 2.26. The molecule has 0 atom stereocenters. The summed E-state index contributed by atoms with van der Waals surface area (Å²) in [6, 6.07) is 7.96. The number of benzene rings is 1. The summed E-state index contributed by atoms with van der Waals surface area (Å²) >= 11 is 6.13. The number of aryl methyl sites for hydroxylation is 1. The summed E-state index contributed by atoms with van der Waals surface area (Å²) in [5.41, 5.74) is 3.14. The van der Waals surface area contributed by atoms with Crippen molar-refractivity contribution in [2.24, 2.45) is 0 Å². The molecule has 0 radical (unpaired) electrons. The fraction of sp³-hybridized carbons (Fsp3) is 0.550. The van der Waals surface area contributed by atoms with Crippen LogP contribution < -0.4 is 5.32 Å². The van der Waals surface area contributed by atoms with Gasteiger partial charge in [0.1, 0.15) is 0 Å². The Kier molecular flexibility index (Phi) is 8.45. The summed E-state index contributed by atoms with van der Waals surface area (Å²) in [6.07, 6.45) is 2.36. The number of nitrogens with zero attached hydrogens (tertiary/aromatic N) is 2. The lowest BCUT2D eigenvalue weighted by atomic mass is 10.1. The first-order valence-electron chi connectivity index (χ1n) is 9.33. The van der Waals surface area contributed by atoms with Crippen LogP contribution in [0.3, 0.4) is 0 Å². The molecule has 0 saturated carbocycles. The maximum atomic E-state index is 6.13. The van der Waals surface area contributed by atoms with Gasteiger partial charge in [-0.15, -0.1) is 0 Å². The zero-order chi connectivity index (χ0) is 18.1. The molecule has 0 spiro atoms. The number of nitrogens with one attached hydrogen (secondary N) is 1. The molecule has 1 aromatic carbocycles. The van der Waals surface area contributed by atoms with Crippen LogP contribution in [0, 0.1) is 6.92 Å². The van der Waals surface area contributed by atoms with Crippen LogP contribution in [-0.4, -0.2) is 49.3 Å². The number of unbranched alkanes of at least 4 members (excludes halogenated alkanes) is 1. The van der Waals surface area contributed by atoms with Crippen LogP contribution in [-0.2, 0) is 4.74 Å². The fourth-order valence-corrected chi connectivity index (χ4v) is 3.16. The van der Waals surface area contributed by atoms with E-state index >= 15 is 0 Å². The second kappa shape index (κ2) is 10.6. The van der Waals surface area contributed by atoms with Gasteiger partial charge in [-0.3, -0.25) is 9.88 Å². The average Bonchev–Trinajstić information content (AvgIpc) is 2.64. The van der Waals surface area contributed by atoms with Crippen molar-refractivity contribution in [2.45, 2.75) is 33.6 Å². The predicted molar refractivity (Wildman–Crippen MR) is 108 cm³/mol. The van der Waals surface area contributed by atoms with Gasteiger partial charge in [-0.05, 0) is 50.6 Å². The quantitative estimate of drug-likeness (QED) is 0.751. The van der Waals surface area contributed by atoms with Gasteiger partial charge in [-0.2, -0.15) is 0 Å². The van der Waals surface area contributed by atoms with Crippen molar-refractivity contribution in [3.63, 3.8) is 0 Å². The van der Waals surface area contributed by atoms with E-state index in [1.165, 1.54) is 6.42 Å². The number of fused-ring (bicyclic) bond motifs is 1. The van der Waals surface area contributed by atoms with Crippen LogP contribution in [0.15, 0.2) is 24.3 Å². The molecular weight excluding hydrogens is 334 g/mol. The first kappa shape index (κ1) is 20.0. The van der Waals surface area contributed by atoms with Gasteiger partial charge in [0.25, 0.3) is 0 Å². The molecule has 2 aromatic rings. The molecule has 25 heavy (non-hydrogen) atoms. The summed E-state index contributed by atoms with van der Waals surface area (Å²) in [6.45, 7) is 12.0. The molecule has 0 unspecified atom stereocenters. The van der Waals surface area contributed by atoms with E-state index in [1.807, 2.05) is 39.0 Å². The molecule has 2 heterocycles. The summed E-state index contributed by atoms with van der Waals surface area (Å²) in [5.74, 6) is 0. The maximum absolute atomic E-state index is 6.13. The molecule has 0 bridgehead atoms. The SMILES string of the molecule is CC.Cc1cc(NCCCCN2CCOCC2)c2cc(Cl)ccc2n1. The summed E-state index contributed by atoms with van der Waals surface area (Å²) in [7, 11) is 0. The molecule has 1 aliphatic rings. The summed E-state index contributed by atoms with van der Waals surface area (Å²) in [4.78, 5) is 7.05. The molecular formula is C20H30ClN3O. The van der Waals surface area contributed by atoms with E-state index in [9.17, 15) is 0 Å². The van der Waals surface area contributed by atoms with Gasteiger partial charge in [-0.1, -0.05) is 25.4 Å². The minimum atomic E-state index is 0.749. The summed E-state index contributed by atoms with van der Waals surface area (Å²) < 4.78 is 5.38. The number of morpholine rings is 1. The third-order valence-corrected chi connectivity index (χ3v) is 4.45. The van der Waals surface area contributed by atoms with E-state index in [4.69, 9.17) is 16.3 Å². The van der Waals surface area contributed by atoms with E-state index in [2.05, 4.69) is 21.3 Å². The Hall–Kier alpha value is -1.36. The number of anilines is 1. The smallest absolute Gasteiger partial charge is 0.0726 e. The van der Waals surface area contributed by atoms with Crippen LogP contribution >= 0.6 is 11.6 Å². The highest BCUT2D eigenvalue weighted by molar-refractivity contribution is 6.31. The third kappa shape index (κ3) is 6.14. The Morgan fingerprint density at radius 3 is 2.68 bits per heavy atom.